The minimum Gasteiger partial charge on any atom is -0.313 e. The maximum atomic E-state index is 12.3. The highest BCUT2D eigenvalue weighted by molar-refractivity contribution is 7.89. The second kappa shape index (κ2) is 7.33. The van der Waals surface area contributed by atoms with Gasteiger partial charge >= 0.3 is 0 Å². The van der Waals surface area contributed by atoms with Crippen LogP contribution < -0.4 is 10.0 Å². The second-order valence-electron chi connectivity index (χ2n) is 5.82. The van der Waals surface area contributed by atoms with Gasteiger partial charge in [-0.05, 0) is 43.4 Å². The normalized spacial score (nSPS) is 22.6. The van der Waals surface area contributed by atoms with Gasteiger partial charge in [-0.2, -0.15) is 0 Å². The van der Waals surface area contributed by atoms with E-state index in [1.54, 1.807) is 12.3 Å². The van der Waals surface area contributed by atoms with Crippen molar-refractivity contribution < 1.29 is 8.42 Å². The minimum absolute atomic E-state index is 0.0442. The van der Waals surface area contributed by atoms with Crippen molar-refractivity contribution in [3.8, 4) is 0 Å². The van der Waals surface area contributed by atoms with E-state index in [9.17, 15) is 8.42 Å². The summed E-state index contributed by atoms with van der Waals surface area (Å²) in [6.45, 7) is 5.86. The Kier molecular flexibility index (Phi) is 5.72. The van der Waals surface area contributed by atoms with Crippen LogP contribution >= 0.6 is 0 Å². The van der Waals surface area contributed by atoms with Crippen molar-refractivity contribution in [2.45, 2.75) is 57.1 Å². The van der Waals surface area contributed by atoms with Gasteiger partial charge in [0.05, 0.1) is 0 Å². The number of aromatic nitrogens is 1. The van der Waals surface area contributed by atoms with Crippen LogP contribution in [0, 0.1) is 5.92 Å². The van der Waals surface area contributed by atoms with E-state index in [0.29, 0.717) is 12.5 Å². The summed E-state index contributed by atoms with van der Waals surface area (Å²) < 4.78 is 27.4. The fraction of sp³-hybridized carbons (Fsp3) is 0.667. The molecule has 2 atom stereocenters. The molecule has 1 aliphatic carbocycles. The average Bonchev–Trinajstić information content (AvgIpc) is 2.84. The van der Waals surface area contributed by atoms with Gasteiger partial charge in [0.25, 0.3) is 10.0 Å². The zero-order valence-electron chi connectivity index (χ0n) is 12.8. The van der Waals surface area contributed by atoms with E-state index in [1.807, 2.05) is 6.07 Å². The smallest absolute Gasteiger partial charge is 0.258 e. The molecule has 1 aliphatic rings. The van der Waals surface area contributed by atoms with E-state index in [0.717, 1.165) is 37.8 Å². The summed E-state index contributed by atoms with van der Waals surface area (Å²) in [5.41, 5.74) is 0.997. The lowest BCUT2D eigenvalue weighted by Crippen LogP contribution is -2.36. The third kappa shape index (κ3) is 4.49. The van der Waals surface area contributed by atoms with Gasteiger partial charge in [0.1, 0.15) is 0 Å². The summed E-state index contributed by atoms with van der Waals surface area (Å²) in [6.07, 6.45) is 5.80. The number of nitrogens with one attached hydrogen (secondary N) is 2. The Labute approximate surface area is 127 Å². The van der Waals surface area contributed by atoms with Gasteiger partial charge in [0.15, 0.2) is 5.03 Å². The molecule has 0 amide bonds. The van der Waals surface area contributed by atoms with Crippen molar-refractivity contribution in [2.75, 3.05) is 6.54 Å². The minimum atomic E-state index is -3.50. The standard InChI is InChI=1S/C15H25N3O2S/c1-3-9-16-10-13-7-8-15(17-11-13)21(19,20)18-14-6-4-5-12(14)2/h7-8,11-12,14,16,18H,3-6,9-10H2,1-2H3. The van der Waals surface area contributed by atoms with Crippen molar-refractivity contribution in [1.29, 1.82) is 0 Å². The topological polar surface area (TPSA) is 71.1 Å². The number of pyridine rings is 1. The number of hydrogen-bond acceptors (Lipinski definition) is 4. The molecule has 0 spiro atoms. The quantitative estimate of drug-likeness (QED) is 0.756. The van der Waals surface area contributed by atoms with Crippen LogP contribution in [0.1, 0.15) is 45.1 Å². The van der Waals surface area contributed by atoms with Crippen molar-refractivity contribution in [2.24, 2.45) is 5.92 Å². The first-order valence-electron chi connectivity index (χ1n) is 7.71. The van der Waals surface area contributed by atoms with E-state index in [4.69, 9.17) is 0 Å². The maximum absolute atomic E-state index is 12.3. The Morgan fingerprint density at radius 3 is 2.71 bits per heavy atom. The van der Waals surface area contributed by atoms with Crippen LogP contribution in [0.4, 0.5) is 0 Å². The lowest BCUT2D eigenvalue weighted by atomic mass is 10.1. The molecule has 1 aromatic rings. The van der Waals surface area contributed by atoms with Crippen LogP contribution in [0.2, 0.25) is 0 Å². The average molecular weight is 311 g/mol. The predicted molar refractivity (Wildman–Crippen MR) is 83.4 cm³/mol. The van der Waals surface area contributed by atoms with Crippen molar-refractivity contribution in [3.05, 3.63) is 23.9 Å². The van der Waals surface area contributed by atoms with E-state index < -0.39 is 10.0 Å². The molecule has 6 heteroatoms. The molecule has 0 radical (unpaired) electrons. The molecule has 0 bridgehead atoms. The molecule has 118 valence electrons. The predicted octanol–water partition coefficient (Wildman–Crippen LogP) is 2.05. The number of sulfonamides is 1. The molecule has 1 aromatic heterocycles. The van der Waals surface area contributed by atoms with Gasteiger partial charge in [-0.15, -0.1) is 0 Å². The lowest BCUT2D eigenvalue weighted by molar-refractivity contribution is 0.475. The van der Waals surface area contributed by atoms with Crippen LogP contribution in [0.15, 0.2) is 23.4 Å². The van der Waals surface area contributed by atoms with Gasteiger partial charge < -0.3 is 5.32 Å². The molecule has 1 fully saturated rings. The van der Waals surface area contributed by atoms with E-state index in [2.05, 4.69) is 28.9 Å². The highest BCUT2D eigenvalue weighted by atomic mass is 32.2. The molecule has 1 saturated carbocycles. The molecule has 21 heavy (non-hydrogen) atoms. The summed E-state index contributed by atoms with van der Waals surface area (Å²) in [4.78, 5) is 4.11. The SMILES string of the molecule is CCCNCc1ccc(S(=O)(=O)NC2CCCC2C)nc1. The largest absolute Gasteiger partial charge is 0.313 e. The van der Waals surface area contributed by atoms with Crippen molar-refractivity contribution >= 4 is 10.0 Å². The van der Waals surface area contributed by atoms with Crippen molar-refractivity contribution in [1.82, 2.24) is 15.0 Å². The first-order valence-corrected chi connectivity index (χ1v) is 9.19. The summed E-state index contributed by atoms with van der Waals surface area (Å²) in [6, 6.07) is 3.45. The Balaban J connectivity index is 1.99. The summed E-state index contributed by atoms with van der Waals surface area (Å²) in [5.74, 6) is 0.400. The lowest BCUT2D eigenvalue weighted by Gasteiger charge is -2.17. The van der Waals surface area contributed by atoms with Gasteiger partial charge in [-0.25, -0.2) is 18.1 Å². The first kappa shape index (κ1) is 16.4. The summed E-state index contributed by atoms with van der Waals surface area (Å²) >= 11 is 0. The first-order chi connectivity index (χ1) is 10.0. The molecule has 5 nitrogen and oxygen atoms in total. The molecular weight excluding hydrogens is 286 g/mol. The number of hydrogen-bond donors (Lipinski definition) is 2. The van der Waals surface area contributed by atoms with Crippen LogP contribution in [-0.4, -0.2) is 26.0 Å². The summed E-state index contributed by atoms with van der Waals surface area (Å²) in [7, 11) is -3.50. The Bertz CT molecular complexity index is 543. The molecule has 2 rings (SSSR count). The van der Waals surface area contributed by atoms with Crippen LogP contribution in [0.3, 0.4) is 0 Å². The van der Waals surface area contributed by atoms with Crippen molar-refractivity contribution in [3.63, 3.8) is 0 Å². The van der Waals surface area contributed by atoms with Gasteiger partial charge in [0, 0.05) is 18.8 Å². The van der Waals surface area contributed by atoms with Crippen LogP contribution in [0.25, 0.3) is 0 Å². The third-order valence-electron chi connectivity index (χ3n) is 4.00. The number of rotatable bonds is 7. The molecule has 0 aliphatic heterocycles. The fourth-order valence-corrected chi connectivity index (χ4v) is 3.97. The van der Waals surface area contributed by atoms with Gasteiger partial charge in [-0.3, -0.25) is 0 Å². The molecule has 2 N–H and O–H groups in total. The van der Waals surface area contributed by atoms with Crippen LogP contribution in [0.5, 0.6) is 0 Å². The monoisotopic (exact) mass is 311 g/mol. The van der Waals surface area contributed by atoms with E-state index in [-0.39, 0.29) is 11.1 Å². The Morgan fingerprint density at radius 1 is 1.33 bits per heavy atom. The molecule has 0 aromatic carbocycles. The maximum Gasteiger partial charge on any atom is 0.258 e. The van der Waals surface area contributed by atoms with Gasteiger partial charge in [-0.1, -0.05) is 26.3 Å². The molecule has 0 saturated heterocycles. The zero-order valence-corrected chi connectivity index (χ0v) is 13.6. The highest BCUT2D eigenvalue weighted by Crippen LogP contribution is 2.26. The Morgan fingerprint density at radius 2 is 2.14 bits per heavy atom. The number of nitrogens with zero attached hydrogens (tertiary/aromatic N) is 1. The highest BCUT2D eigenvalue weighted by Gasteiger charge is 2.28. The second-order valence-corrected chi connectivity index (χ2v) is 7.48. The molecular formula is C15H25N3O2S. The molecule has 1 heterocycles. The fourth-order valence-electron chi connectivity index (χ4n) is 2.66. The van der Waals surface area contributed by atoms with Crippen LogP contribution in [-0.2, 0) is 16.6 Å². The zero-order chi connectivity index (χ0) is 15.3. The van der Waals surface area contributed by atoms with E-state index >= 15 is 0 Å². The third-order valence-corrected chi connectivity index (χ3v) is 5.40. The van der Waals surface area contributed by atoms with E-state index in [1.165, 1.54) is 0 Å². The van der Waals surface area contributed by atoms with Gasteiger partial charge in [0.2, 0.25) is 0 Å². The Hall–Kier alpha value is -0.980. The molecule has 2 unspecified atom stereocenters. The summed E-state index contributed by atoms with van der Waals surface area (Å²) in [5, 5.41) is 3.38.